The molecule has 2 aromatic carbocycles. The molecule has 0 atom stereocenters. The highest BCUT2D eigenvalue weighted by molar-refractivity contribution is 5.68. The highest BCUT2D eigenvalue weighted by Gasteiger charge is 2.24. The third-order valence-electron chi connectivity index (χ3n) is 6.91. The molecule has 0 unspecified atom stereocenters. The lowest BCUT2D eigenvalue weighted by molar-refractivity contribution is 0.709. The average Bonchev–Trinajstić information content (AvgIpc) is 2.95. The van der Waals surface area contributed by atoms with Gasteiger partial charge in [-0.1, -0.05) is 41.5 Å². The Bertz CT molecular complexity index is 1140. The Labute approximate surface area is 199 Å². The highest BCUT2D eigenvalue weighted by atomic mass is 15.3. The highest BCUT2D eigenvalue weighted by Crippen LogP contribution is 2.35. The Morgan fingerprint density at radius 2 is 1.55 bits per heavy atom. The van der Waals surface area contributed by atoms with Crippen LogP contribution in [0, 0.1) is 41.5 Å². The second kappa shape index (κ2) is 9.54. The Kier molecular flexibility index (Phi) is 6.73. The Hall–Kier alpha value is -2.88. The molecular formula is C29H38N4. The van der Waals surface area contributed by atoms with Crippen molar-refractivity contribution in [3.05, 3.63) is 75.0 Å². The summed E-state index contributed by atoms with van der Waals surface area (Å²) in [5, 5.41) is 0. The minimum absolute atomic E-state index is 0.816. The smallest absolute Gasteiger partial charge is 0.232 e. The van der Waals surface area contributed by atoms with Crippen LogP contribution in [-0.4, -0.2) is 23.1 Å². The molecule has 1 aromatic heterocycles. The van der Waals surface area contributed by atoms with Gasteiger partial charge in [0.15, 0.2) is 0 Å². The first-order valence-corrected chi connectivity index (χ1v) is 12.3. The SMILES string of the molecule is CCN(c1nc(C)c2c(n1)N(Cc1ccc(C)cc1C)CCCC2)c1c(C)cc(C)cc1C. The van der Waals surface area contributed by atoms with Crippen molar-refractivity contribution in [2.75, 3.05) is 22.9 Å². The third kappa shape index (κ3) is 4.75. The van der Waals surface area contributed by atoms with Crippen molar-refractivity contribution in [1.82, 2.24) is 9.97 Å². The quantitative estimate of drug-likeness (QED) is 0.433. The summed E-state index contributed by atoms with van der Waals surface area (Å²) >= 11 is 0. The van der Waals surface area contributed by atoms with Gasteiger partial charge in [-0.15, -0.1) is 0 Å². The molecule has 0 N–H and O–H groups in total. The van der Waals surface area contributed by atoms with Crippen LogP contribution in [0.2, 0.25) is 0 Å². The van der Waals surface area contributed by atoms with Crippen LogP contribution in [0.5, 0.6) is 0 Å². The van der Waals surface area contributed by atoms with E-state index in [1.165, 1.54) is 57.5 Å². The number of rotatable bonds is 5. The molecule has 1 aliphatic rings. The minimum Gasteiger partial charge on any atom is -0.352 e. The van der Waals surface area contributed by atoms with E-state index in [1.54, 1.807) is 0 Å². The van der Waals surface area contributed by atoms with Crippen molar-refractivity contribution < 1.29 is 0 Å². The maximum Gasteiger partial charge on any atom is 0.232 e. The maximum absolute atomic E-state index is 5.25. The van der Waals surface area contributed by atoms with Gasteiger partial charge in [-0.05, 0) is 90.0 Å². The molecule has 2 heterocycles. The molecular weight excluding hydrogens is 404 g/mol. The van der Waals surface area contributed by atoms with Crippen LogP contribution >= 0.6 is 0 Å². The van der Waals surface area contributed by atoms with E-state index in [1.807, 2.05) is 0 Å². The zero-order chi connectivity index (χ0) is 23.7. The molecule has 33 heavy (non-hydrogen) atoms. The predicted molar refractivity (Wildman–Crippen MR) is 140 cm³/mol. The minimum atomic E-state index is 0.816. The van der Waals surface area contributed by atoms with Crippen molar-refractivity contribution in [2.45, 2.75) is 74.3 Å². The monoisotopic (exact) mass is 442 g/mol. The number of hydrogen-bond donors (Lipinski definition) is 0. The van der Waals surface area contributed by atoms with Crippen LogP contribution < -0.4 is 9.80 Å². The summed E-state index contributed by atoms with van der Waals surface area (Å²) in [6.45, 7) is 18.0. The lowest BCUT2D eigenvalue weighted by atomic mass is 10.0. The van der Waals surface area contributed by atoms with E-state index in [2.05, 4.69) is 88.6 Å². The van der Waals surface area contributed by atoms with Gasteiger partial charge in [0, 0.05) is 36.6 Å². The summed E-state index contributed by atoms with van der Waals surface area (Å²) in [7, 11) is 0. The number of anilines is 3. The second-order valence-electron chi connectivity index (χ2n) is 9.71. The number of aryl methyl sites for hydroxylation is 6. The molecule has 0 saturated heterocycles. The molecule has 4 rings (SSSR count). The normalized spacial score (nSPS) is 13.6. The van der Waals surface area contributed by atoms with Gasteiger partial charge in [-0.3, -0.25) is 0 Å². The molecule has 174 valence electrons. The van der Waals surface area contributed by atoms with Gasteiger partial charge < -0.3 is 9.80 Å². The van der Waals surface area contributed by atoms with Crippen LogP contribution in [0.15, 0.2) is 30.3 Å². The molecule has 0 fully saturated rings. The zero-order valence-electron chi connectivity index (χ0n) is 21.4. The number of benzene rings is 2. The lowest BCUT2D eigenvalue weighted by Gasteiger charge is -2.29. The topological polar surface area (TPSA) is 32.3 Å². The van der Waals surface area contributed by atoms with Crippen molar-refractivity contribution >= 4 is 17.5 Å². The van der Waals surface area contributed by atoms with E-state index in [0.717, 1.165) is 43.5 Å². The molecule has 3 aromatic rings. The molecule has 0 radical (unpaired) electrons. The van der Waals surface area contributed by atoms with Crippen molar-refractivity contribution in [2.24, 2.45) is 0 Å². The van der Waals surface area contributed by atoms with Crippen LogP contribution in [0.4, 0.5) is 17.5 Å². The number of hydrogen-bond acceptors (Lipinski definition) is 4. The molecule has 4 nitrogen and oxygen atoms in total. The standard InChI is InChI=1S/C29H38N4/c1-8-33(27-22(5)16-20(3)17-23(27)6)29-30-24(7)26-11-9-10-14-32(28(26)31-29)18-25-13-12-19(2)15-21(25)4/h12-13,15-17H,8-11,14,18H2,1-7H3. The van der Waals surface area contributed by atoms with Crippen LogP contribution in [0.1, 0.15) is 64.4 Å². The van der Waals surface area contributed by atoms with E-state index in [0.29, 0.717) is 0 Å². The maximum atomic E-state index is 5.25. The Balaban J connectivity index is 1.79. The van der Waals surface area contributed by atoms with Gasteiger partial charge >= 0.3 is 0 Å². The van der Waals surface area contributed by atoms with Gasteiger partial charge in [0.05, 0.1) is 0 Å². The number of nitrogens with zero attached hydrogens (tertiary/aromatic N) is 4. The first-order chi connectivity index (χ1) is 15.8. The summed E-state index contributed by atoms with van der Waals surface area (Å²) < 4.78 is 0. The van der Waals surface area contributed by atoms with Gasteiger partial charge in [0.25, 0.3) is 0 Å². The Morgan fingerprint density at radius 1 is 0.848 bits per heavy atom. The summed E-state index contributed by atoms with van der Waals surface area (Å²) in [5.41, 5.74) is 11.6. The van der Waals surface area contributed by atoms with E-state index < -0.39 is 0 Å². The molecule has 0 aliphatic carbocycles. The summed E-state index contributed by atoms with van der Waals surface area (Å²) in [6.07, 6.45) is 3.43. The van der Waals surface area contributed by atoms with Crippen molar-refractivity contribution in [3.63, 3.8) is 0 Å². The fraction of sp³-hybridized carbons (Fsp3) is 0.448. The van der Waals surface area contributed by atoms with E-state index >= 15 is 0 Å². The van der Waals surface area contributed by atoms with Crippen molar-refractivity contribution in [3.8, 4) is 0 Å². The summed E-state index contributed by atoms with van der Waals surface area (Å²) in [5.74, 6) is 1.94. The lowest BCUT2D eigenvalue weighted by Crippen LogP contribution is -2.28. The number of aromatic nitrogens is 2. The van der Waals surface area contributed by atoms with Crippen molar-refractivity contribution in [1.29, 1.82) is 0 Å². The fourth-order valence-electron chi connectivity index (χ4n) is 5.33. The van der Waals surface area contributed by atoms with Gasteiger partial charge in [-0.25, -0.2) is 4.98 Å². The molecule has 0 saturated carbocycles. The van der Waals surface area contributed by atoms with Crippen LogP contribution in [-0.2, 0) is 13.0 Å². The van der Waals surface area contributed by atoms with Gasteiger partial charge in [0.1, 0.15) is 5.82 Å². The zero-order valence-corrected chi connectivity index (χ0v) is 21.4. The van der Waals surface area contributed by atoms with Gasteiger partial charge in [0.2, 0.25) is 5.95 Å². The third-order valence-corrected chi connectivity index (χ3v) is 6.91. The van der Waals surface area contributed by atoms with E-state index in [4.69, 9.17) is 9.97 Å². The summed E-state index contributed by atoms with van der Waals surface area (Å²) in [6, 6.07) is 11.3. The van der Waals surface area contributed by atoms with E-state index in [-0.39, 0.29) is 0 Å². The molecule has 4 heteroatoms. The van der Waals surface area contributed by atoms with E-state index in [9.17, 15) is 0 Å². The van der Waals surface area contributed by atoms with Gasteiger partial charge in [-0.2, -0.15) is 4.98 Å². The van der Waals surface area contributed by atoms with Crippen LogP contribution in [0.25, 0.3) is 0 Å². The van der Waals surface area contributed by atoms with Crippen LogP contribution in [0.3, 0.4) is 0 Å². The molecule has 0 bridgehead atoms. The first-order valence-electron chi connectivity index (χ1n) is 12.3. The molecule has 0 amide bonds. The summed E-state index contributed by atoms with van der Waals surface area (Å²) in [4.78, 5) is 15.1. The first kappa shape index (κ1) is 23.3. The second-order valence-corrected chi connectivity index (χ2v) is 9.71. The largest absolute Gasteiger partial charge is 0.352 e. The number of fused-ring (bicyclic) bond motifs is 1. The predicted octanol–water partition coefficient (Wildman–Crippen LogP) is 6.83. The fourth-order valence-corrected chi connectivity index (χ4v) is 5.33. The Morgan fingerprint density at radius 3 is 2.21 bits per heavy atom. The average molecular weight is 443 g/mol. The molecule has 1 aliphatic heterocycles. The molecule has 0 spiro atoms.